The lowest BCUT2D eigenvalue weighted by Crippen LogP contribution is -2.10. The Morgan fingerprint density at radius 2 is 1.39 bits per heavy atom. The maximum Gasteiger partial charge on any atom is 0.338 e. The highest BCUT2D eigenvalue weighted by Gasteiger charge is 2.12. The molecule has 0 N–H and O–H groups in total. The lowest BCUT2D eigenvalue weighted by Gasteiger charge is -2.15. The first-order valence-corrected chi connectivity index (χ1v) is 5.99. The topological polar surface area (TPSA) is 44.8 Å². The molecule has 0 unspecified atom stereocenters. The van der Waals surface area contributed by atoms with Crippen LogP contribution in [0, 0.1) is 0 Å². The van der Waals surface area contributed by atoms with E-state index < -0.39 is 5.97 Å². The average Bonchev–Trinajstić information content (AvgIpc) is 2.25. The van der Waals surface area contributed by atoms with Crippen molar-refractivity contribution in [2.75, 3.05) is 7.11 Å². The number of carbonyl (C=O) groups excluding carboxylic acids is 1. The van der Waals surface area contributed by atoms with Crippen molar-refractivity contribution in [2.24, 2.45) is 0 Å². The Kier molecular flexibility index (Phi) is 5.01. The van der Waals surface area contributed by atoms with Crippen molar-refractivity contribution >= 4 is 5.97 Å². The number of hydrogen-bond donors (Lipinski definition) is 0. The summed E-state index contributed by atoms with van der Waals surface area (Å²) in [6.07, 6.45) is 0.0644. The molecule has 100 valence electrons. The molecule has 1 rings (SSSR count). The van der Waals surface area contributed by atoms with Crippen LogP contribution in [0.2, 0.25) is 0 Å². The zero-order chi connectivity index (χ0) is 13.7. The predicted octanol–water partition coefficient (Wildman–Crippen LogP) is 3.05. The quantitative estimate of drug-likeness (QED) is 0.755. The van der Waals surface area contributed by atoms with Gasteiger partial charge >= 0.3 is 5.97 Å². The summed E-state index contributed by atoms with van der Waals surface area (Å²) in [6.45, 7) is 7.70. The molecule has 0 aliphatic heterocycles. The standard InChI is InChI=1S/C14H20O4/c1-9(2)17-12-6-11(14(15)16-5)7-13(8-12)18-10(3)4/h6-10H,1-5H3. The molecule has 0 aromatic heterocycles. The van der Waals surface area contributed by atoms with Crippen molar-refractivity contribution in [1.82, 2.24) is 0 Å². The third-order valence-electron chi connectivity index (χ3n) is 2.04. The van der Waals surface area contributed by atoms with Crippen LogP contribution in [0.1, 0.15) is 38.1 Å². The van der Waals surface area contributed by atoms with E-state index >= 15 is 0 Å². The van der Waals surface area contributed by atoms with Crippen molar-refractivity contribution < 1.29 is 19.0 Å². The second-order valence-electron chi connectivity index (χ2n) is 4.52. The van der Waals surface area contributed by atoms with Crippen LogP contribution in [0.3, 0.4) is 0 Å². The molecule has 0 aliphatic rings. The van der Waals surface area contributed by atoms with Crippen molar-refractivity contribution in [2.45, 2.75) is 39.9 Å². The summed E-state index contributed by atoms with van der Waals surface area (Å²) in [5, 5.41) is 0. The normalized spacial score (nSPS) is 10.6. The van der Waals surface area contributed by atoms with Gasteiger partial charge in [-0.15, -0.1) is 0 Å². The molecule has 0 fully saturated rings. The molecule has 0 amide bonds. The van der Waals surface area contributed by atoms with Gasteiger partial charge in [-0.05, 0) is 39.8 Å². The summed E-state index contributed by atoms with van der Waals surface area (Å²) in [5.74, 6) is 0.796. The van der Waals surface area contributed by atoms with Crippen molar-refractivity contribution in [1.29, 1.82) is 0 Å². The minimum atomic E-state index is -0.405. The molecule has 0 saturated carbocycles. The van der Waals surface area contributed by atoms with Gasteiger partial charge in [0.1, 0.15) is 11.5 Å². The number of methoxy groups -OCH3 is 1. The zero-order valence-corrected chi connectivity index (χ0v) is 11.5. The largest absolute Gasteiger partial charge is 0.491 e. The van der Waals surface area contributed by atoms with Crippen LogP contribution < -0.4 is 9.47 Å². The van der Waals surface area contributed by atoms with Crippen LogP contribution in [-0.2, 0) is 4.74 Å². The van der Waals surface area contributed by atoms with E-state index in [-0.39, 0.29) is 12.2 Å². The summed E-state index contributed by atoms with van der Waals surface area (Å²) >= 11 is 0. The molecule has 1 aromatic carbocycles. The van der Waals surface area contributed by atoms with Crippen LogP contribution >= 0.6 is 0 Å². The minimum absolute atomic E-state index is 0.0322. The first-order valence-electron chi connectivity index (χ1n) is 5.99. The molecular formula is C14H20O4. The lowest BCUT2D eigenvalue weighted by molar-refractivity contribution is 0.0599. The number of rotatable bonds is 5. The molecule has 0 bridgehead atoms. The molecule has 0 heterocycles. The molecule has 0 saturated heterocycles. The highest BCUT2D eigenvalue weighted by Crippen LogP contribution is 2.25. The fourth-order valence-corrected chi connectivity index (χ4v) is 1.49. The highest BCUT2D eigenvalue weighted by molar-refractivity contribution is 5.90. The molecular weight excluding hydrogens is 232 g/mol. The van der Waals surface area contributed by atoms with Crippen molar-refractivity contribution in [3.63, 3.8) is 0 Å². The van der Waals surface area contributed by atoms with Crippen LogP contribution in [0.15, 0.2) is 18.2 Å². The highest BCUT2D eigenvalue weighted by atomic mass is 16.5. The second kappa shape index (κ2) is 6.28. The van der Waals surface area contributed by atoms with Gasteiger partial charge in [-0.25, -0.2) is 4.79 Å². The molecule has 4 heteroatoms. The van der Waals surface area contributed by atoms with E-state index in [0.29, 0.717) is 17.1 Å². The fourth-order valence-electron chi connectivity index (χ4n) is 1.49. The van der Waals surface area contributed by atoms with Crippen molar-refractivity contribution in [3.8, 4) is 11.5 Å². The average molecular weight is 252 g/mol. The van der Waals surface area contributed by atoms with Crippen LogP contribution in [0.5, 0.6) is 11.5 Å². The Bertz CT molecular complexity index is 382. The Hall–Kier alpha value is -1.71. The van der Waals surface area contributed by atoms with Gasteiger partial charge in [0.05, 0.1) is 24.9 Å². The van der Waals surface area contributed by atoms with E-state index in [1.165, 1.54) is 7.11 Å². The maximum absolute atomic E-state index is 11.6. The Morgan fingerprint density at radius 3 is 1.72 bits per heavy atom. The molecule has 0 spiro atoms. The Labute approximate surface area is 108 Å². The molecule has 0 aliphatic carbocycles. The second-order valence-corrected chi connectivity index (χ2v) is 4.52. The Morgan fingerprint density at radius 1 is 0.944 bits per heavy atom. The number of ether oxygens (including phenoxy) is 3. The molecule has 4 nitrogen and oxygen atoms in total. The predicted molar refractivity (Wildman–Crippen MR) is 69.3 cm³/mol. The van der Waals surface area contributed by atoms with Crippen LogP contribution in [0.25, 0.3) is 0 Å². The van der Waals surface area contributed by atoms with E-state index in [1.54, 1.807) is 18.2 Å². The molecule has 1 aromatic rings. The smallest absolute Gasteiger partial charge is 0.338 e. The van der Waals surface area contributed by atoms with Gasteiger partial charge in [-0.3, -0.25) is 0 Å². The first-order chi connectivity index (χ1) is 8.42. The van der Waals surface area contributed by atoms with E-state index in [9.17, 15) is 4.79 Å². The van der Waals surface area contributed by atoms with Crippen LogP contribution in [0.4, 0.5) is 0 Å². The third-order valence-corrected chi connectivity index (χ3v) is 2.04. The number of benzene rings is 1. The fraction of sp³-hybridized carbons (Fsp3) is 0.500. The number of carbonyl (C=O) groups is 1. The molecule has 0 radical (unpaired) electrons. The summed E-state index contributed by atoms with van der Waals surface area (Å²) in [4.78, 5) is 11.6. The van der Waals surface area contributed by atoms with Gasteiger partial charge in [0.25, 0.3) is 0 Å². The summed E-state index contributed by atoms with van der Waals surface area (Å²) in [6, 6.07) is 5.07. The van der Waals surface area contributed by atoms with E-state index in [0.717, 1.165) is 0 Å². The summed E-state index contributed by atoms with van der Waals surface area (Å²) in [5.41, 5.74) is 0.423. The van der Waals surface area contributed by atoms with E-state index in [1.807, 2.05) is 27.7 Å². The van der Waals surface area contributed by atoms with Gasteiger partial charge in [-0.1, -0.05) is 0 Å². The monoisotopic (exact) mass is 252 g/mol. The SMILES string of the molecule is COC(=O)c1cc(OC(C)C)cc(OC(C)C)c1. The zero-order valence-electron chi connectivity index (χ0n) is 11.5. The molecule has 0 atom stereocenters. The van der Waals surface area contributed by atoms with Gasteiger partial charge in [0.15, 0.2) is 0 Å². The lowest BCUT2D eigenvalue weighted by atomic mass is 10.2. The van der Waals surface area contributed by atoms with Gasteiger partial charge in [0, 0.05) is 6.07 Å². The first kappa shape index (κ1) is 14.4. The van der Waals surface area contributed by atoms with Gasteiger partial charge in [0.2, 0.25) is 0 Å². The maximum atomic E-state index is 11.6. The van der Waals surface area contributed by atoms with Crippen molar-refractivity contribution in [3.05, 3.63) is 23.8 Å². The van der Waals surface area contributed by atoms with Crippen LogP contribution in [-0.4, -0.2) is 25.3 Å². The number of esters is 1. The van der Waals surface area contributed by atoms with E-state index in [4.69, 9.17) is 14.2 Å². The van der Waals surface area contributed by atoms with Gasteiger partial charge in [-0.2, -0.15) is 0 Å². The third kappa shape index (κ3) is 4.28. The number of hydrogen-bond acceptors (Lipinski definition) is 4. The molecule has 18 heavy (non-hydrogen) atoms. The summed E-state index contributed by atoms with van der Waals surface area (Å²) < 4.78 is 15.9. The Balaban J connectivity index is 3.07. The summed E-state index contributed by atoms with van der Waals surface area (Å²) in [7, 11) is 1.35. The van der Waals surface area contributed by atoms with E-state index in [2.05, 4.69) is 0 Å². The minimum Gasteiger partial charge on any atom is -0.491 e. The van der Waals surface area contributed by atoms with Gasteiger partial charge < -0.3 is 14.2 Å².